The van der Waals surface area contributed by atoms with E-state index in [0.29, 0.717) is 8.78 Å². The zero-order chi connectivity index (χ0) is 17.2. The Hall–Kier alpha value is -1.64. The molecule has 0 saturated heterocycles. The fourth-order valence-electron chi connectivity index (χ4n) is 1.81. The summed E-state index contributed by atoms with van der Waals surface area (Å²) in [6, 6.07) is 8.89. The van der Waals surface area contributed by atoms with Crippen molar-refractivity contribution in [3.8, 4) is 0 Å². The van der Waals surface area contributed by atoms with Crippen molar-refractivity contribution in [3.05, 3.63) is 57.8 Å². The second-order valence-corrected chi connectivity index (χ2v) is 7.64. The van der Waals surface area contributed by atoms with E-state index >= 15 is 0 Å². The second-order valence-electron chi connectivity index (χ2n) is 4.46. The minimum Gasteiger partial charge on any atom is -0.480 e. The van der Waals surface area contributed by atoms with Gasteiger partial charge in [-0.2, -0.15) is 0 Å². The van der Waals surface area contributed by atoms with Crippen LogP contribution in [-0.4, -0.2) is 26.0 Å². The van der Waals surface area contributed by atoms with Crippen LogP contribution in [-0.2, 0) is 14.8 Å². The van der Waals surface area contributed by atoms with Crippen LogP contribution in [0.5, 0.6) is 0 Å². The first-order chi connectivity index (χ1) is 10.7. The van der Waals surface area contributed by atoms with E-state index in [1.54, 1.807) is 0 Å². The molecule has 0 aromatic heterocycles. The highest BCUT2D eigenvalue weighted by molar-refractivity contribution is 9.10. The van der Waals surface area contributed by atoms with Crippen molar-refractivity contribution in [3.63, 3.8) is 0 Å². The molecule has 122 valence electrons. The number of hydrogen-bond donors (Lipinski definition) is 1. The van der Waals surface area contributed by atoms with Gasteiger partial charge in [-0.15, -0.1) is 0 Å². The maximum absolute atomic E-state index is 13.3. The lowest BCUT2D eigenvalue weighted by molar-refractivity contribution is -0.135. The quantitative estimate of drug-likeness (QED) is 0.800. The van der Waals surface area contributed by atoms with Gasteiger partial charge in [-0.05, 0) is 42.5 Å². The van der Waals surface area contributed by atoms with Gasteiger partial charge in [-0.3, -0.25) is 9.10 Å². The summed E-state index contributed by atoms with van der Waals surface area (Å²) in [6.45, 7) is -0.819. The predicted octanol–water partition coefficient (Wildman–Crippen LogP) is 3.52. The van der Waals surface area contributed by atoms with Crippen molar-refractivity contribution < 1.29 is 22.7 Å². The first-order valence-corrected chi connectivity index (χ1v) is 8.78. The molecule has 2 aromatic rings. The highest BCUT2D eigenvalue weighted by Crippen LogP contribution is 2.28. The fraction of sp³-hybridized carbons (Fsp3) is 0.0714. The Morgan fingerprint density at radius 2 is 1.83 bits per heavy atom. The summed E-state index contributed by atoms with van der Waals surface area (Å²) in [5.41, 5.74) is -0.0401. The minimum absolute atomic E-state index is 0.0401. The van der Waals surface area contributed by atoms with Crippen molar-refractivity contribution in [2.24, 2.45) is 0 Å². The zero-order valence-electron chi connectivity index (χ0n) is 11.4. The Kier molecular flexibility index (Phi) is 5.28. The van der Waals surface area contributed by atoms with Gasteiger partial charge < -0.3 is 5.11 Å². The Morgan fingerprint density at radius 1 is 1.22 bits per heavy atom. The molecule has 0 aliphatic heterocycles. The standard InChI is InChI=1S/C14H10BrClFNO4S/c15-9-1-4-11(5-2-9)23(21,22)18(8-14(19)20)10-3-6-13(17)12(16)7-10/h1-7H,8H2,(H,19,20). The summed E-state index contributed by atoms with van der Waals surface area (Å²) >= 11 is 8.85. The van der Waals surface area contributed by atoms with Crippen LogP contribution in [0, 0.1) is 5.82 Å². The smallest absolute Gasteiger partial charge is 0.324 e. The van der Waals surface area contributed by atoms with E-state index in [0.717, 1.165) is 18.2 Å². The topological polar surface area (TPSA) is 74.7 Å². The van der Waals surface area contributed by atoms with Gasteiger partial charge in [0.2, 0.25) is 0 Å². The van der Waals surface area contributed by atoms with Crippen LogP contribution in [0.2, 0.25) is 5.02 Å². The minimum atomic E-state index is -4.14. The number of carboxylic acids is 1. The van der Waals surface area contributed by atoms with E-state index in [4.69, 9.17) is 16.7 Å². The molecule has 2 rings (SSSR count). The summed E-state index contributed by atoms with van der Waals surface area (Å²) in [6.07, 6.45) is 0. The third kappa shape index (κ3) is 4.01. The van der Waals surface area contributed by atoms with E-state index in [2.05, 4.69) is 15.9 Å². The number of sulfonamides is 1. The van der Waals surface area contributed by atoms with Gasteiger partial charge in [0.25, 0.3) is 10.0 Å². The molecule has 0 atom stereocenters. The predicted molar refractivity (Wildman–Crippen MR) is 87.7 cm³/mol. The molecule has 0 fully saturated rings. The number of benzene rings is 2. The third-order valence-corrected chi connectivity index (χ3v) is 5.48. The van der Waals surface area contributed by atoms with Gasteiger partial charge >= 0.3 is 5.97 Å². The highest BCUT2D eigenvalue weighted by atomic mass is 79.9. The number of halogens is 3. The molecule has 0 radical (unpaired) electrons. The number of nitrogens with zero attached hydrogens (tertiary/aromatic N) is 1. The lowest BCUT2D eigenvalue weighted by Crippen LogP contribution is -2.35. The Morgan fingerprint density at radius 3 is 2.35 bits per heavy atom. The van der Waals surface area contributed by atoms with Crippen LogP contribution >= 0.6 is 27.5 Å². The van der Waals surface area contributed by atoms with E-state index in [1.807, 2.05) is 0 Å². The monoisotopic (exact) mass is 421 g/mol. The van der Waals surface area contributed by atoms with Gasteiger partial charge in [-0.25, -0.2) is 12.8 Å². The number of aliphatic carboxylic acids is 1. The molecule has 0 saturated carbocycles. The molecule has 0 unspecified atom stereocenters. The van der Waals surface area contributed by atoms with E-state index in [-0.39, 0.29) is 15.6 Å². The molecule has 5 nitrogen and oxygen atoms in total. The van der Waals surface area contributed by atoms with Crippen molar-refractivity contribution in [2.75, 3.05) is 10.8 Å². The van der Waals surface area contributed by atoms with Gasteiger partial charge in [0.1, 0.15) is 12.4 Å². The second kappa shape index (κ2) is 6.86. The van der Waals surface area contributed by atoms with Gasteiger partial charge in [0.15, 0.2) is 0 Å². The summed E-state index contributed by atoms with van der Waals surface area (Å²) in [5, 5.41) is 8.70. The normalized spacial score (nSPS) is 11.3. The summed E-state index contributed by atoms with van der Waals surface area (Å²) in [5.74, 6) is -2.09. The van der Waals surface area contributed by atoms with Crippen LogP contribution in [0.25, 0.3) is 0 Å². The van der Waals surface area contributed by atoms with Gasteiger partial charge in [0, 0.05) is 4.47 Å². The molecule has 1 N–H and O–H groups in total. The molecule has 0 bridgehead atoms. The first kappa shape index (κ1) is 17.7. The maximum Gasteiger partial charge on any atom is 0.324 e. The zero-order valence-corrected chi connectivity index (χ0v) is 14.6. The molecule has 0 aliphatic carbocycles. The molecular formula is C14H10BrClFNO4S. The molecular weight excluding hydrogens is 413 g/mol. The van der Waals surface area contributed by atoms with Crippen molar-refractivity contribution >= 4 is 49.2 Å². The van der Waals surface area contributed by atoms with Crippen molar-refractivity contribution in [1.82, 2.24) is 0 Å². The lowest BCUT2D eigenvalue weighted by Gasteiger charge is -2.23. The number of carbonyl (C=O) groups is 1. The number of hydrogen-bond acceptors (Lipinski definition) is 3. The summed E-state index contributed by atoms with van der Waals surface area (Å²) in [7, 11) is -4.14. The summed E-state index contributed by atoms with van der Waals surface area (Å²) in [4.78, 5) is 11.0. The molecule has 0 spiro atoms. The number of anilines is 1. The average molecular weight is 423 g/mol. The molecule has 0 aliphatic rings. The first-order valence-electron chi connectivity index (χ1n) is 6.17. The number of rotatable bonds is 5. The maximum atomic E-state index is 13.3. The van der Waals surface area contributed by atoms with Crippen LogP contribution in [0.15, 0.2) is 51.8 Å². The third-order valence-electron chi connectivity index (χ3n) is 2.87. The fourth-order valence-corrected chi connectivity index (χ4v) is 3.66. The van der Waals surface area contributed by atoms with Crippen LogP contribution in [0.4, 0.5) is 10.1 Å². The van der Waals surface area contributed by atoms with E-state index < -0.39 is 28.4 Å². The van der Waals surface area contributed by atoms with Crippen LogP contribution in [0.3, 0.4) is 0 Å². The SMILES string of the molecule is O=C(O)CN(c1ccc(F)c(Cl)c1)S(=O)(=O)c1ccc(Br)cc1. The van der Waals surface area contributed by atoms with E-state index in [9.17, 15) is 17.6 Å². The molecule has 0 heterocycles. The molecule has 2 aromatic carbocycles. The Balaban J connectivity index is 2.55. The van der Waals surface area contributed by atoms with Gasteiger partial charge in [-0.1, -0.05) is 27.5 Å². The van der Waals surface area contributed by atoms with Crippen molar-refractivity contribution in [2.45, 2.75) is 4.90 Å². The molecule has 9 heteroatoms. The van der Waals surface area contributed by atoms with Crippen molar-refractivity contribution in [1.29, 1.82) is 0 Å². The average Bonchev–Trinajstić information content (AvgIpc) is 2.48. The lowest BCUT2D eigenvalue weighted by atomic mass is 10.3. The Labute approximate surface area is 145 Å². The van der Waals surface area contributed by atoms with Gasteiger partial charge in [0.05, 0.1) is 15.6 Å². The largest absolute Gasteiger partial charge is 0.480 e. The highest BCUT2D eigenvalue weighted by Gasteiger charge is 2.27. The van der Waals surface area contributed by atoms with Crippen LogP contribution < -0.4 is 4.31 Å². The summed E-state index contributed by atoms with van der Waals surface area (Å²) < 4.78 is 40.0. The molecule has 23 heavy (non-hydrogen) atoms. The molecule has 0 amide bonds. The van der Waals surface area contributed by atoms with E-state index in [1.165, 1.54) is 24.3 Å². The van der Waals surface area contributed by atoms with Crippen LogP contribution in [0.1, 0.15) is 0 Å². The number of carboxylic acid groups (broad SMARTS) is 1. The Bertz CT molecular complexity index is 842.